The van der Waals surface area contributed by atoms with Gasteiger partial charge < -0.3 is 47.1 Å². The molecule has 9 aromatic rings. The van der Waals surface area contributed by atoms with Gasteiger partial charge in [-0.05, 0) is 127 Å². The highest BCUT2D eigenvalue weighted by atomic mass is 31.2. The second-order valence-corrected chi connectivity index (χ2v) is 28.4. The number of rotatable bonds is 18. The van der Waals surface area contributed by atoms with Gasteiger partial charge in [-0.15, -0.1) is 0 Å². The fraction of sp³-hybridized carbons (Fsp3) is 0.100. The summed E-state index contributed by atoms with van der Waals surface area (Å²) in [5.41, 5.74) is 0.678. The first-order valence-electron chi connectivity index (χ1n) is 23.5. The van der Waals surface area contributed by atoms with E-state index in [2.05, 4.69) is 0 Å². The molecule has 0 aliphatic carbocycles. The third kappa shape index (κ3) is 9.50. The van der Waals surface area contributed by atoms with E-state index >= 15 is 18.3 Å². The van der Waals surface area contributed by atoms with Crippen LogP contribution in [0.5, 0.6) is 28.7 Å². The Labute approximate surface area is 432 Å². The van der Waals surface area contributed by atoms with Crippen molar-refractivity contribution in [2.45, 2.75) is 6.61 Å². The molecule has 0 amide bonds. The predicted molar refractivity (Wildman–Crippen MR) is 303 cm³/mol. The first-order valence-corrected chi connectivity index (χ1v) is 30.4. The highest BCUT2D eigenvalue weighted by molar-refractivity contribution is 7.87. The number of hydrogen-bond acceptors (Lipinski definition) is 10. The van der Waals surface area contributed by atoms with Gasteiger partial charge in [0.25, 0.3) is 0 Å². The van der Waals surface area contributed by atoms with Crippen LogP contribution in [0.2, 0.25) is 0 Å². The molecule has 0 bridgehead atoms. The maximum Gasteiger partial charge on any atom is 0.171 e. The van der Waals surface area contributed by atoms with E-state index in [9.17, 15) is 5.11 Å². The summed E-state index contributed by atoms with van der Waals surface area (Å²) in [5.74, 6) is 3.08. The Morgan fingerprint density at radius 3 is 0.486 bits per heavy atom. The van der Waals surface area contributed by atoms with Crippen LogP contribution in [0, 0.1) is 0 Å². The van der Waals surface area contributed by atoms with Crippen LogP contribution in [-0.2, 0) is 24.9 Å². The Hall–Kier alpha value is -7.14. The molecule has 10 nitrogen and oxygen atoms in total. The second-order valence-electron chi connectivity index (χ2n) is 17.3. The van der Waals surface area contributed by atoms with Crippen molar-refractivity contribution in [1.29, 1.82) is 0 Å². The summed E-state index contributed by atoms with van der Waals surface area (Å²) in [4.78, 5) is 0. The fourth-order valence-corrected chi connectivity index (χ4v) is 19.6. The van der Waals surface area contributed by atoms with Gasteiger partial charge in [0.15, 0.2) is 28.6 Å². The molecular formula is C60H54O10P4. The molecule has 9 rings (SSSR count). The molecule has 0 saturated carbocycles. The van der Waals surface area contributed by atoms with E-state index in [-0.39, 0.29) is 6.61 Å². The monoisotopic (exact) mass is 1060 g/mol. The first kappa shape index (κ1) is 51.7. The lowest BCUT2D eigenvalue weighted by Crippen LogP contribution is -2.31. The van der Waals surface area contributed by atoms with Crippen molar-refractivity contribution >= 4 is 92.2 Å². The Kier molecular flexibility index (Phi) is 15.2. The number of methoxy groups -OCH3 is 5. The Morgan fingerprint density at radius 1 is 0.243 bits per heavy atom. The van der Waals surface area contributed by atoms with Crippen LogP contribution < -0.4 is 87.3 Å². The number of ether oxygens (including phenoxy) is 5. The summed E-state index contributed by atoms with van der Waals surface area (Å²) < 4.78 is 91.1. The lowest BCUT2D eigenvalue weighted by atomic mass is 10.2. The van der Waals surface area contributed by atoms with Crippen molar-refractivity contribution in [3.63, 3.8) is 0 Å². The molecule has 0 spiro atoms. The van der Waals surface area contributed by atoms with Crippen LogP contribution in [0.4, 0.5) is 0 Å². The van der Waals surface area contributed by atoms with E-state index < -0.39 is 28.6 Å². The Morgan fingerprint density at radius 2 is 0.365 bits per heavy atom. The summed E-state index contributed by atoms with van der Waals surface area (Å²) in [7, 11) is -6.64. The van der Waals surface area contributed by atoms with Gasteiger partial charge in [-0.25, -0.2) is 0 Å². The van der Waals surface area contributed by atoms with Crippen molar-refractivity contribution in [2.75, 3.05) is 35.5 Å². The molecule has 0 heterocycles. The minimum absolute atomic E-state index is 0.167. The predicted octanol–water partition coefficient (Wildman–Crippen LogP) is 7.78. The number of hydrogen-bond donors (Lipinski definition) is 1. The summed E-state index contributed by atoms with van der Waals surface area (Å²) in [6.07, 6.45) is 0. The number of aliphatic hydroxyl groups is 1. The largest absolute Gasteiger partial charge is 0.497 e. The Bertz CT molecular complexity index is 3030. The van der Waals surface area contributed by atoms with Gasteiger partial charge in [0.05, 0.1) is 42.2 Å². The molecule has 1 unspecified atom stereocenters. The highest BCUT2D eigenvalue weighted by Crippen LogP contribution is 2.48. The van der Waals surface area contributed by atoms with Crippen LogP contribution in [0.3, 0.4) is 0 Å². The summed E-state index contributed by atoms with van der Waals surface area (Å²) in [6, 6.07) is 64.0. The lowest BCUT2D eigenvalue weighted by Gasteiger charge is -2.25. The minimum Gasteiger partial charge on any atom is -0.497 e. The molecule has 1 atom stereocenters. The van der Waals surface area contributed by atoms with Crippen molar-refractivity contribution < 1.29 is 47.1 Å². The van der Waals surface area contributed by atoms with Crippen molar-refractivity contribution in [2.24, 2.45) is 0 Å². The van der Waals surface area contributed by atoms with Gasteiger partial charge in [-0.1, -0.05) is 97.1 Å². The average Bonchev–Trinajstić information content (AvgIpc) is 3.48. The molecule has 0 fully saturated rings. The van der Waals surface area contributed by atoms with Crippen LogP contribution in [0.25, 0.3) is 0 Å². The highest BCUT2D eigenvalue weighted by Gasteiger charge is 2.37. The van der Waals surface area contributed by atoms with Gasteiger partial charge in [-0.3, -0.25) is 0 Å². The normalized spacial score (nSPS) is 12.6. The minimum atomic E-state index is -3.87. The molecule has 0 radical (unpaired) electrons. The SMILES string of the molecule is COc1ccc(P(=O)(c2ccc(CO)cc2)c2ccc(P(=O)(c3ccc(P(=O)(c4ccc(OC)cc4)c4ccc(OC)cc4)cc3)c3ccc(P(=O)(c4ccc(OC)cc4)c4ccc(OC)cc4)cc3)cc2)cc1. The molecule has 14 heteroatoms. The van der Waals surface area contributed by atoms with E-state index in [1.165, 1.54) is 0 Å². The van der Waals surface area contributed by atoms with Crippen molar-refractivity contribution in [3.05, 3.63) is 224 Å². The topological polar surface area (TPSA) is 135 Å². The summed E-state index contributed by atoms with van der Waals surface area (Å²) >= 11 is 0. The standard InChI is InChI=1S/C60H54O10P4/c1-66-44-8-20-50(21-9-44)71(62,49-18-6-43(42-61)7-19-49)55-30-36-58(37-31-55)74(65,59-38-32-56(33-39-59)72(63,51-22-10-45(67-2)11-23-51)52-24-12-46(68-3)13-25-52)60-40-34-57(35-41-60)73(64,53-26-14-47(69-4)15-27-53)54-28-16-48(70-5)17-29-54/h6-41,61H,42H2,1-5H3. The average molecular weight is 1060 g/mol. The van der Waals surface area contributed by atoms with E-state index in [1.807, 2.05) is 0 Å². The van der Waals surface area contributed by atoms with Crippen molar-refractivity contribution in [1.82, 2.24) is 0 Å². The van der Waals surface area contributed by atoms with E-state index in [4.69, 9.17) is 23.7 Å². The maximum absolute atomic E-state index is 16.6. The molecule has 74 heavy (non-hydrogen) atoms. The smallest absolute Gasteiger partial charge is 0.171 e. The number of aliphatic hydroxyl groups excluding tert-OH is 1. The van der Waals surface area contributed by atoms with E-state index in [0.717, 1.165) is 0 Å². The van der Waals surface area contributed by atoms with Crippen LogP contribution >= 0.6 is 28.6 Å². The zero-order chi connectivity index (χ0) is 52.1. The van der Waals surface area contributed by atoms with E-state index in [0.29, 0.717) is 98.0 Å². The third-order valence-corrected chi connectivity index (χ3v) is 25.7. The molecular weight excluding hydrogens is 1000 g/mol. The summed E-state index contributed by atoms with van der Waals surface area (Å²) in [6.45, 7) is -0.167. The molecule has 0 aliphatic heterocycles. The quantitative estimate of drug-likeness (QED) is 0.0850. The van der Waals surface area contributed by atoms with Crippen LogP contribution in [0.15, 0.2) is 218 Å². The van der Waals surface area contributed by atoms with Crippen molar-refractivity contribution in [3.8, 4) is 28.7 Å². The van der Waals surface area contributed by atoms with Gasteiger partial charge in [0.2, 0.25) is 0 Å². The van der Waals surface area contributed by atoms with Crippen LogP contribution in [-0.4, -0.2) is 40.7 Å². The van der Waals surface area contributed by atoms with Gasteiger partial charge in [-0.2, -0.15) is 0 Å². The second kappa shape index (κ2) is 21.8. The van der Waals surface area contributed by atoms with Gasteiger partial charge in [0, 0.05) is 63.7 Å². The van der Waals surface area contributed by atoms with Gasteiger partial charge >= 0.3 is 0 Å². The molecule has 0 aromatic heterocycles. The lowest BCUT2D eigenvalue weighted by molar-refractivity contribution is 0.282. The Balaban J connectivity index is 1.21. The molecule has 1 N–H and O–H groups in total. The summed E-state index contributed by atoms with van der Waals surface area (Å²) in [5, 5.41) is 16.2. The fourth-order valence-electron chi connectivity index (χ4n) is 9.18. The van der Waals surface area contributed by atoms with E-state index in [1.54, 1.807) is 254 Å². The molecule has 374 valence electrons. The first-order chi connectivity index (χ1) is 35.9. The molecule has 0 saturated heterocycles. The van der Waals surface area contributed by atoms with Gasteiger partial charge in [0.1, 0.15) is 28.7 Å². The van der Waals surface area contributed by atoms with Crippen LogP contribution in [0.1, 0.15) is 5.56 Å². The maximum atomic E-state index is 16.6. The third-order valence-electron chi connectivity index (χ3n) is 13.4. The zero-order valence-corrected chi connectivity index (χ0v) is 45.0. The molecule has 9 aromatic carbocycles. The number of benzene rings is 9. The zero-order valence-electron chi connectivity index (χ0n) is 41.4. The molecule has 0 aliphatic rings.